The van der Waals surface area contributed by atoms with Crippen molar-refractivity contribution >= 4 is 46.8 Å². The average Bonchev–Trinajstić information content (AvgIpc) is 3.49. The van der Waals surface area contributed by atoms with Gasteiger partial charge in [-0.15, -0.1) is 11.3 Å². The van der Waals surface area contributed by atoms with Crippen LogP contribution in [0.5, 0.6) is 0 Å². The number of alkyl carbamates (subject to hydrolysis) is 1. The Kier molecular flexibility index (Phi) is 10.9. The topological polar surface area (TPSA) is 146 Å². The molecule has 1 fully saturated rings. The Balaban J connectivity index is 1.47. The van der Waals surface area contributed by atoms with Gasteiger partial charge in [-0.25, -0.2) is 23.8 Å². The van der Waals surface area contributed by atoms with Crippen LogP contribution in [0, 0.1) is 5.82 Å². The van der Waals surface area contributed by atoms with E-state index >= 15 is 0 Å². The van der Waals surface area contributed by atoms with Crippen LogP contribution in [0.15, 0.2) is 46.0 Å². The number of aliphatic carboxylic acids is 1. The highest BCUT2D eigenvalue weighted by Gasteiger charge is 2.35. The number of aliphatic imine (C=N–C) groups is 1. The normalized spacial score (nSPS) is 18.7. The summed E-state index contributed by atoms with van der Waals surface area (Å²) >= 11 is 7.81. The minimum absolute atomic E-state index is 0.134. The van der Waals surface area contributed by atoms with Gasteiger partial charge in [0.15, 0.2) is 10.8 Å². The van der Waals surface area contributed by atoms with Gasteiger partial charge < -0.3 is 30.1 Å². The molecule has 0 saturated carbocycles. The molecule has 2 aromatic rings. The molecule has 0 radical (unpaired) electrons. The Labute approximate surface area is 263 Å². The molecule has 4 rings (SSSR count). The third-order valence-electron chi connectivity index (χ3n) is 6.99. The van der Waals surface area contributed by atoms with Crippen molar-refractivity contribution in [3.63, 3.8) is 0 Å². The van der Waals surface area contributed by atoms with Crippen molar-refractivity contribution < 1.29 is 33.4 Å². The number of thiazole rings is 1. The molecule has 238 valence electrons. The molecule has 2 aliphatic heterocycles. The summed E-state index contributed by atoms with van der Waals surface area (Å²) in [5, 5.41) is 17.9. The molecule has 1 aromatic carbocycles. The summed E-state index contributed by atoms with van der Waals surface area (Å²) in [6, 6.07) is 2.03. The molecule has 0 spiro atoms. The second-order valence-electron chi connectivity index (χ2n) is 11.3. The lowest BCUT2D eigenvalue weighted by molar-refractivity contribution is -0.140. The van der Waals surface area contributed by atoms with Crippen molar-refractivity contribution in [1.29, 1.82) is 0 Å². The Bertz CT molecular complexity index is 1420. The third-order valence-corrected chi connectivity index (χ3v) is 8.10. The first-order valence-electron chi connectivity index (χ1n) is 14.0. The highest BCUT2D eigenvalue weighted by Crippen LogP contribution is 2.36. The molecule has 0 aliphatic carbocycles. The lowest BCUT2D eigenvalue weighted by Crippen LogP contribution is -2.50. The van der Waals surface area contributed by atoms with Gasteiger partial charge in [0.25, 0.3) is 0 Å². The molecule has 2 aliphatic rings. The van der Waals surface area contributed by atoms with Crippen LogP contribution in [-0.2, 0) is 19.1 Å². The number of rotatable bonds is 10. The minimum Gasteiger partial charge on any atom is -0.480 e. The maximum atomic E-state index is 13.9. The van der Waals surface area contributed by atoms with Crippen LogP contribution in [0.3, 0.4) is 0 Å². The summed E-state index contributed by atoms with van der Waals surface area (Å²) in [6.45, 7) is 8.47. The highest BCUT2D eigenvalue weighted by molar-refractivity contribution is 7.11. The van der Waals surface area contributed by atoms with Gasteiger partial charge in [0, 0.05) is 67.1 Å². The number of nitrogens with one attached hydrogen (secondary N) is 2. The van der Waals surface area contributed by atoms with Crippen molar-refractivity contribution in [3.05, 3.63) is 62.5 Å². The van der Waals surface area contributed by atoms with Gasteiger partial charge in [0.05, 0.1) is 12.7 Å². The number of halogens is 2. The Morgan fingerprint density at radius 3 is 2.52 bits per heavy atom. The number of methoxy groups -OCH3 is 1. The van der Waals surface area contributed by atoms with E-state index in [2.05, 4.69) is 25.4 Å². The number of carbonyl (C=O) groups excluding carboxylic acids is 2. The highest BCUT2D eigenvalue weighted by atomic mass is 35.5. The molecular weight excluding hydrogens is 615 g/mol. The predicted octanol–water partition coefficient (Wildman–Crippen LogP) is 3.44. The lowest BCUT2D eigenvalue weighted by Gasteiger charge is -2.37. The molecule has 44 heavy (non-hydrogen) atoms. The van der Waals surface area contributed by atoms with Crippen molar-refractivity contribution in [2.75, 3.05) is 46.4 Å². The molecule has 15 heteroatoms. The van der Waals surface area contributed by atoms with E-state index in [1.54, 1.807) is 27.0 Å². The van der Waals surface area contributed by atoms with Crippen LogP contribution in [0.25, 0.3) is 0 Å². The smallest absolute Gasteiger partial charge is 0.408 e. The number of aromatic nitrogens is 1. The van der Waals surface area contributed by atoms with Crippen LogP contribution >= 0.6 is 22.9 Å². The number of nitrogens with zero attached hydrogens (tertiary/aromatic N) is 4. The van der Waals surface area contributed by atoms with E-state index in [-0.39, 0.29) is 17.0 Å². The van der Waals surface area contributed by atoms with E-state index < -0.39 is 41.5 Å². The van der Waals surface area contributed by atoms with Crippen molar-refractivity contribution in [2.24, 2.45) is 4.99 Å². The number of hydrogen-bond acceptors (Lipinski definition) is 11. The second kappa shape index (κ2) is 14.5. The van der Waals surface area contributed by atoms with Crippen LogP contribution in [0.4, 0.5) is 9.18 Å². The number of ether oxygens (including phenoxy) is 2. The number of carboxylic acids is 1. The fourth-order valence-electron chi connectivity index (χ4n) is 4.88. The van der Waals surface area contributed by atoms with E-state index in [1.165, 1.54) is 36.6 Å². The number of amidine groups is 1. The van der Waals surface area contributed by atoms with Crippen molar-refractivity contribution in [2.45, 2.75) is 44.9 Å². The maximum Gasteiger partial charge on any atom is 0.408 e. The first-order chi connectivity index (χ1) is 20.8. The van der Waals surface area contributed by atoms with E-state index in [4.69, 9.17) is 26.1 Å². The average molecular weight is 651 g/mol. The van der Waals surface area contributed by atoms with E-state index in [0.29, 0.717) is 61.4 Å². The van der Waals surface area contributed by atoms with E-state index in [1.807, 2.05) is 5.38 Å². The molecule has 1 amide bonds. The zero-order valence-corrected chi connectivity index (χ0v) is 26.5. The minimum atomic E-state index is -1.13. The standard InChI is InChI=1S/C29H36ClFN6O6S/c1-29(2,3)43-28(41)34-20(26(38)39)7-9-36-10-12-37(13-11-36)16-21-22(27(40)42-4)23(18-6-5-17(31)15-19(18)30)35-24(33-21)25-32-8-14-44-25/h5-6,8,14-15,20,23H,7,9-13,16H2,1-4H3,(H,33,35)(H,34,41)(H,38,39)/t20?,23-/m0/s1. The number of esters is 1. The van der Waals surface area contributed by atoms with Gasteiger partial charge in [0.1, 0.15) is 23.5 Å². The molecule has 12 nitrogen and oxygen atoms in total. The van der Waals surface area contributed by atoms with Crippen LogP contribution in [-0.4, -0.2) is 102 Å². The molecular formula is C29H36ClFN6O6S. The monoisotopic (exact) mass is 650 g/mol. The SMILES string of the molecule is COC(=O)C1=C(CN2CCN(CCC(NC(=O)OC(C)(C)C)C(=O)O)CC2)NC(c2nccs2)=N[C@H]1c1ccc(F)cc1Cl. The zero-order chi connectivity index (χ0) is 32.0. The molecule has 1 unspecified atom stereocenters. The summed E-state index contributed by atoms with van der Waals surface area (Å²) in [7, 11) is 1.29. The fourth-order valence-corrected chi connectivity index (χ4v) is 5.74. The maximum absolute atomic E-state index is 13.9. The summed E-state index contributed by atoms with van der Waals surface area (Å²) in [4.78, 5) is 50.4. The van der Waals surface area contributed by atoms with Gasteiger partial charge in [-0.3, -0.25) is 9.89 Å². The van der Waals surface area contributed by atoms with E-state index in [9.17, 15) is 23.9 Å². The Morgan fingerprint density at radius 2 is 1.93 bits per heavy atom. The van der Waals surface area contributed by atoms with Crippen molar-refractivity contribution in [1.82, 2.24) is 25.4 Å². The van der Waals surface area contributed by atoms with Crippen LogP contribution < -0.4 is 10.6 Å². The first kappa shape index (κ1) is 33.3. The van der Waals surface area contributed by atoms with Gasteiger partial charge >= 0.3 is 18.0 Å². The largest absolute Gasteiger partial charge is 0.480 e. The summed E-state index contributed by atoms with van der Waals surface area (Å²) < 4.78 is 24.2. The van der Waals surface area contributed by atoms with Crippen LogP contribution in [0.2, 0.25) is 5.02 Å². The molecule has 1 saturated heterocycles. The summed E-state index contributed by atoms with van der Waals surface area (Å²) in [5.41, 5.74) is 0.557. The second-order valence-corrected chi connectivity index (χ2v) is 12.6. The number of carbonyl (C=O) groups is 3. The van der Waals surface area contributed by atoms with Gasteiger partial charge in [-0.2, -0.15) is 0 Å². The lowest BCUT2D eigenvalue weighted by atomic mass is 9.95. The fraction of sp³-hybridized carbons (Fsp3) is 0.483. The Hall–Kier alpha value is -3.59. The molecule has 3 N–H and O–H groups in total. The number of carboxylic acid groups (broad SMARTS) is 1. The van der Waals surface area contributed by atoms with Crippen LogP contribution in [0.1, 0.15) is 43.8 Å². The predicted molar refractivity (Wildman–Crippen MR) is 163 cm³/mol. The summed E-state index contributed by atoms with van der Waals surface area (Å²) in [5.74, 6) is -1.76. The van der Waals surface area contributed by atoms with Gasteiger partial charge in [-0.1, -0.05) is 17.7 Å². The summed E-state index contributed by atoms with van der Waals surface area (Å²) in [6.07, 6.45) is 1.09. The van der Waals surface area contributed by atoms with E-state index in [0.717, 1.165) is 0 Å². The number of hydrogen-bond donors (Lipinski definition) is 3. The molecule has 1 aromatic heterocycles. The van der Waals surface area contributed by atoms with Gasteiger partial charge in [-0.05, 0) is 39.3 Å². The number of amides is 1. The zero-order valence-electron chi connectivity index (χ0n) is 24.9. The third kappa shape index (κ3) is 8.74. The Morgan fingerprint density at radius 1 is 1.23 bits per heavy atom. The number of benzene rings is 1. The quantitative estimate of drug-likeness (QED) is 0.327. The molecule has 0 bridgehead atoms. The van der Waals surface area contributed by atoms with Crippen molar-refractivity contribution in [3.8, 4) is 0 Å². The first-order valence-corrected chi connectivity index (χ1v) is 15.3. The number of piperazine rings is 1. The molecule has 3 heterocycles. The molecule has 2 atom stereocenters. The van der Waals surface area contributed by atoms with Gasteiger partial charge in [0.2, 0.25) is 0 Å².